The van der Waals surface area contributed by atoms with Crippen LogP contribution in [-0.2, 0) is 16.0 Å². The molecular weight excluding hydrogens is 349 g/mol. The third-order valence-corrected chi connectivity index (χ3v) is 4.13. The van der Waals surface area contributed by atoms with Gasteiger partial charge in [0.2, 0.25) is 5.91 Å². The van der Waals surface area contributed by atoms with Crippen LogP contribution in [-0.4, -0.2) is 55.2 Å². The number of hydrogen-bond acceptors (Lipinski definition) is 4. The normalized spacial score (nSPS) is 18.0. The van der Waals surface area contributed by atoms with Crippen molar-refractivity contribution in [3.05, 3.63) is 35.9 Å². The van der Waals surface area contributed by atoms with Gasteiger partial charge in [-0.05, 0) is 25.8 Å². The number of nitrogens with one attached hydrogen (secondary N) is 1. The monoisotopic (exact) mass is 377 g/mol. The van der Waals surface area contributed by atoms with Crippen molar-refractivity contribution in [3.63, 3.8) is 0 Å². The highest BCUT2D eigenvalue weighted by molar-refractivity contribution is 5.85. The summed E-state index contributed by atoms with van der Waals surface area (Å²) in [4.78, 5) is 14.4. The zero-order chi connectivity index (χ0) is 16.0. The Bertz CT molecular complexity index is 486. The van der Waals surface area contributed by atoms with Gasteiger partial charge in [-0.25, -0.2) is 0 Å². The summed E-state index contributed by atoms with van der Waals surface area (Å²) < 4.78 is 5.50. The van der Waals surface area contributed by atoms with Crippen molar-refractivity contribution >= 4 is 30.7 Å². The van der Waals surface area contributed by atoms with E-state index in [1.54, 1.807) is 0 Å². The number of carbonyl (C=O) groups excluding carboxylic acids is 1. The van der Waals surface area contributed by atoms with Crippen molar-refractivity contribution in [2.45, 2.75) is 31.8 Å². The van der Waals surface area contributed by atoms with Crippen LogP contribution < -0.4 is 11.1 Å². The molecule has 0 saturated carbocycles. The quantitative estimate of drug-likeness (QED) is 0.790. The van der Waals surface area contributed by atoms with Crippen LogP contribution in [0.5, 0.6) is 0 Å². The molecule has 1 amide bonds. The van der Waals surface area contributed by atoms with E-state index in [0.717, 1.165) is 31.9 Å². The number of benzene rings is 1. The number of halogens is 2. The smallest absolute Gasteiger partial charge is 0.237 e. The molecule has 1 aliphatic heterocycles. The summed E-state index contributed by atoms with van der Waals surface area (Å²) in [5.74, 6) is -0.0880. The average Bonchev–Trinajstić information content (AvgIpc) is 2.49. The lowest BCUT2D eigenvalue weighted by atomic mass is 10.0. The van der Waals surface area contributed by atoms with E-state index in [2.05, 4.69) is 24.1 Å². The van der Waals surface area contributed by atoms with Crippen LogP contribution in [0, 0.1) is 0 Å². The Morgan fingerprint density at radius 3 is 2.62 bits per heavy atom. The summed E-state index contributed by atoms with van der Waals surface area (Å²) in [6.45, 7) is 8.15. The highest BCUT2D eigenvalue weighted by atomic mass is 35.5. The van der Waals surface area contributed by atoms with Crippen LogP contribution >= 0.6 is 24.8 Å². The van der Waals surface area contributed by atoms with Gasteiger partial charge in [0.15, 0.2) is 0 Å². The number of rotatable bonds is 6. The maximum absolute atomic E-state index is 12.1. The van der Waals surface area contributed by atoms with E-state index in [9.17, 15) is 4.79 Å². The fourth-order valence-electron chi connectivity index (χ4n) is 2.71. The van der Waals surface area contributed by atoms with Crippen molar-refractivity contribution in [2.24, 2.45) is 5.73 Å². The predicted octanol–water partition coefficient (Wildman–Crippen LogP) is 1.63. The first-order valence-electron chi connectivity index (χ1n) is 7.89. The second-order valence-electron chi connectivity index (χ2n) is 6.44. The molecule has 0 aliphatic carbocycles. The molecule has 7 heteroatoms. The van der Waals surface area contributed by atoms with Crippen LogP contribution in [0.2, 0.25) is 0 Å². The van der Waals surface area contributed by atoms with Crippen LogP contribution in [0.4, 0.5) is 0 Å². The molecule has 1 atom stereocenters. The molecule has 1 fully saturated rings. The Morgan fingerprint density at radius 1 is 1.33 bits per heavy atom. The summed E-state index contributed by atoms with van der Waals surface area (Å²) in [6.07, 6.45) is 0.565. The number of ether oxygens (including phenoxy) is 1. The molecule has 1 aliphatic rings. The summed E-state index contributed by atoms with van der Waals surface area (Å²) >= 11 is 0. The Morgan fingerprint density at radius 2 is 2.00 bits per heavy atom. The summed E-state index contributed by atoms with van der Waals surface area (Å²) in [5.41, 5.74) is 7.08. The number of nitrogens with two attached hydrogens (primary N) is 1. The Hall–Kier alpha value is -0.850. The van der Waals surface area contributed by atoms with Gasteiger partial charge in [-0.2, -0.15) is 0 Å². The SMILES string of the molecule is CC1(C)COCCN1CCNC(=O)C(N)Cc1ccccc1.Cl.Cl. The van der Waals surface area contributed by atoms with Gasteiger partial charge < -0.3 is 15.8 Å². The van der Waals surface area contributed by atoms with E-state index in [4.69, 9.17) is 10.5 Å². The number of nitrogens with zero attached hydrogens (tertiary/aromatic N) is 1. The number of hydrogen-bond donors (Lipinski definition) is 2. The molecule has 24 heavy (non-hydrogen) atoms. The average molecular weight is 378 g/mol. The summed E-state index contributed by atoms with van der Waals surface area (Å²) in [7, 11) is 0. The standard InChI is InChI=1S/C17H27N3O2.2ClH/c1-17(2)13-22-11-10-20(17)9-8-19-16(21)15(18)12-14-6-4-3-5-7-14;;/h3-7,15H,8-13,18H2,1-2H3,(H,19,21);2*1H. The minimum Gasteiger partial charge on any atom is -0.378 e. The van der Waals surface area contributed by atoms with Gasteiger partial charge in [0.05, 0.1) is 19.3 Å². The van der Waals surface area contributed by atoms with E-state index in [1.807, 2.05) is 30.3 Å². The van der Waals surface area contributed by atoms with Crippen LogP contribution in [0.15, 0.2) is 30.3 Å². The fraction of sp³-hybridized carbons (Fsp3) is 0.588. The molecule has 2 rings (SSSR count). The van der Waals surface area contributed by atoms with E-state index < -0.39 is 6.04 Å². The maximum Gasteiger partial charge on any atom is 0.237 e. The molecule has 1 aromatic carbocycles. The van der Waals surface area contributed by atoms with E-state index in [0.29, 0.717) is 13.0 Å². The van der Waals surface area contributed by atoms with Gasteiger partial charge in [0.1, 0.15) is 0 Å². The molecule has 0 bridgehead atoms. The molecule has 0 spiro atoms. The van der Waals surface area contributed by atoms with Crippen molar-refractivity contribution in [2.75, 3.05) is 32.8 Å². The first kappa shape index (κ1) is 23.1. The second kappa shape index (κ2) is 10.9. The molecule has 0 radical (unpaired) electrons. The number of morpholine rings is 1. The van der Waals surface area contributed by atoms with Gasteiger partial charge in [-0.3, -0.25) is 9.69 Å². The van der Waals surface area contributed by atoms with E-state index >= 15 is 0 Å². The van der Waals surface area contributed by atoms with Gasteiger partial charge in [-0.15, -0.1) is 24.8 Å². The highest BCUT2D eigenvalue weighted by Gasteiger charge is 2.30. The zero-order valence-corrected chi connectivity index (χ0v) is 16.0. The zero-order valence-electron chi connectivity index (χ0n) is 14.4. The van der Waals surface area contributed by atoms with Crippen molar-refractivity contribution in [1.82, 2.24) is 10.2 Å². The molecule has 1 aromatic rings. The van der Waals surface area contributed by atoms with E-state index in [-0.39, 0.29) is 36.3 Å². The molecular formula is C17H29Cl2N3O2. The first-order chi connectivity index (χ1) is 10.5. The van der Waals surface area contributed by atoms with Gasteiger partial charge in [0.25, 0.3) is 0 Å². The van der Waals surface area contributed by atoms with Crippen LogP contribution in [0.3, 0.4) is 0 Å². The minimum absolute atomic E-state index is 0. The molecule has 1 unspecified atom stereocenters. The Labute approximate surface area is 157 Å². The lowest BCUT2D eigenvalue weighted by molar-refractivity contribution is -0.122. The van der Waals surface area contributed by atoms with E-state index in [1.165, 1.54) is 0 Å². The van der Waals surface area contributed by atoms with Gasteiger partial charge in [-0.1, -0.05) is 30.3 Å². The lowest BCUT2D eigenvalue weighted by Gasteiger charge is -2.42. The molecule has 1 saturated heterocycles. The molecule has 1 heterocycles. The van der Waals surface area contributed by atoms with Crippen molar-refractivity contribution < 1.29 is 9.53 Å². The summed E-state index contributed by atoms with van der Waals surface area (Å²) in [6, 6.07) is 9.35. The van der Waals surface area contributed by atoms with Crippen molar-refractivity contribution in [3.8, 4) is 0 Å². The topological polar surface area (TPSA) is 67.6 Å². The largest absolute Gasteiger partial charge is 0.378 e. The van der Waals surface area contributed by atoms with Crippen LogP contribution in [0.25, 0.3) is 0 Å². The van der Waals surface area contributed by atoms with Gasteiger partial charge in [0, 0.05) is 25.2 Å². The Kier molecular flexibility index (Phi) is 10.5. The fourth-order valence-corrected chi connectivity index (χ4v) is 2.71. The summed E-state index contributed by atoms with van der Waals surface area (Å²) in [5, 5.41) is 2.94. The third-order valence-electron chi connectivity index (χ3n) is 4.13. The van der Waals surface area contributed by atoms with Crippen LogP contribution in [0.1, 0.15) is 19.4 Å². The molecule has 5 nitrogen and oxygen atoms in total. The molecule has 138 valence electrons. The maximum atomic E-state index is 12.1. The highest BCUT2D eigenvalue weighted by Crippen LogP contribution is 2.17. The van der Waals surface area contributed by atoms with Crippen molar-refractivity contribution in [1.29, 1.82) is 0 Å². The third kappa shape index (κ3) is 6.95. The minimum atomic E-state index is -0.500. The van der Waals surface area contributed by atoms with Gasteiger partial charge >= 0.3 is 0 Å². The Balaban J connectivity index is 0.00000264. The number of amides is 1. The molecule has 3 N–H and O–H groups in total. The lowest BCUT2D eigenvalue weighted by Crippen LogP contribution is -2.55. The number of carbonyl (C=O) groups is 1. The molecule has 0 aromatic heterocycles. The first-order valence-corrected chi connectivity index (χ1v) is 7.89. The predicted molar refractivity (Wildman–Crippen MR) is 102 cm³/mol. The second-order valence-corrected chi connectivity index (χ2v) is 6.44.